The Labute approximate surface area is 117 Å². The molecule has 0 radical (unpaired) electrons. The number of phenolic OH excluding ortho intramolecular Hbond substituents is 1. The lowest BCUT2D eigenvalue weighted by molar-refractivity contribution is 0.417. The van der Waals surface area contributed by atoms with Crippen LogP contribution in [0.5, 0.6) is 5.75 Å². The summed E-state index contributed by atoms with van der Waals surface area (Å²) in [7, 11) is -2.22. The zero-order valence-electron chi connectivity index (χ0n) is 11.2. The summed E-state index contributed by atoms with van der Waals surface area (Å²) in [5.74, 6) is 0.737. The summed E-state index contributed by atoms with van der Waals surface area (Å²) < 4.78 is 30.5. The van der Waals surface area contributed by atoms with Crippen molar-refractivity contribution in [3.63, 3.8) is 0 Å². The van der Waals surface area contributed by atoms with Gasteiger partial charge in [-0.3, -0.25) is 0 Å². The minimum absolute atomic E-state index is 0.112. The van der Waals surface area contributed by atoms with Gasteiger partial charge in [-0.05, 0) is 49.9 Å². The quantitative estimate of drug-likeness (QED) is 0.732. The van der Waals surface area contributed by atoms with Crippen LogP contribution in [0.4, 0.5) is 5.69 Å². The van der Waals surface area contributed by atoms with Gasteiger partial charge < -0.3 is 14.8 Å². The van der Waals surface area contributed by atoms with Crippen LogP contribution in [0.1, 0.15) is 11.3 Å². The second-order valence-corrected chi connectivity index (χ2v) is 6.10. The van der Waals surface area contributed by atoms with Crippen molar-refractivity contribution in [2.24, 2.45) is 0 Å². The Hall–Kier alpha value is -1.99. The Bertz CT molecular complexity index is 707. The van der Waals surface area contributed by atoms with Crippen LogP contribution in [-0.4, -0.2) is 20.6 Å². The second kappa shape index (κ2) is 5.56. The number of anilines is 1. The number of benzene rings is 1. The Morgan fingerprint density at radius 2 is 2.00 bits per heavy atom. The average molecular weight is 296 g/mol. The van der Waals surface area contributed by atoms with Crippen LogP contribution in [0.3, 0.4) is 0 Å². The summed E-state index contributed by atoms with van der Waals surface area (Å²) in [6.07, 6.45) is 0. The summed E-state index contributed by atoms with van der Waals surface area (Å²) in [5.41, 5.74) is 1.57. The van der Waals surface area contributed by atoms with Crippen LogP contribution < -0.4 is 10.0 Å². The third kappa shape index (κ3) is 3.12. The molecule has 0 fully saturated rings. The molecule has 0 unspecified atom stereocenters. The topological polar surface area (TPSA) is 91.6 Å². The number of aromatic hydroxyl groups is 1. The molecular weight excluding hydrogens is 280 g/mol. The van der Waals surface area contributed by atoms with Crippen molar-refractivity contribution >= 4 is 15.7 Å². The first-order valence-electron chi connectivity index (χ1n) is 5.98. The Kier molecular flexibility index (Phi) is 4.01. The maximum absolute atomic E-state index is 11.5. The molecule has 1 aromatic carbocycles. The Morgan fingerprint density at radius 1 is 1.25 bits per heavy atom. The highest BCUT2D eigenvalue weighted by molar-refractivity contribution is 7.89. The van der Waals surface area contributed by atoms with E-state index in [4.69, 9.17) is 4.42 Å². The number of rotatable bonds is 5. The summed E-state index contributed by atoms with van der Waals surface area (Å²) in [4.78, 5) is 0. The summed E-state index contributed by atoms with van der Waals surface area (Å²) >= 11 is 0. The second-order valence-electron chi connectivity index (χ2n) is 4.28. The first kappa shape index (κ1) is 14.4. The summed E-state index contributed by atoms with van der Waals surface area (Å²) in [6, 6.07) is 8.13. The molecule has 2 rings (SSSR count). The van der Waals surface area contributed by atoms with Gasteiger partial charge >= 0.3 is 0 Å². The molecule has 0 saturated heterocycles. The molecule has 2 aromatic rings. The fraction of sp³-hybridized carbons (Fsp3) is 0.231. The van der Waals surface area contributed by atoms with E-state index in [1.54, 1.807) is 31.2 Å². The number of aryl methyl sites for hydroxylation is 1. The lowest BCUT2D eigenvalue weighted by Crippen LogP contribution is -2.17. The monoisotopic (exact) mass is 296 g/mol. The van der Waals surface area contributed by atoms with Gasteiger partial charge in [0.1, 0.15) is 11.5 Å². The SMILES string of the molecule is CNS(=O)(=O)c1ccc(CNc2ccc(O)c(C)c2)o1. The summed E-state index contributed by atoms with van der Waals surface area (Å²) in [6.45, 7) is 2.15. The van der Waals surface area contributed by atoms with Gasteiger partial charge in [0.2, 0.25) is 5.09 Å². The molecular formula is C13H16N2O4S. The van der Waals surface area contributed by atoms with Gasteiger partial charge in [0.15, 0.2) is 0 Å². The van der Waals surface area contributed by atoms with Crippen LogP contribution in [0, 0.1) is 6.92 Å². The van der Waals surface area contributed by atoms with Gasteiger partial charge in [0.25, 0.3) is 10.0 Å². The van der Waals surface area contributed by atoms with Crippen molar-refractivity contribution in [2.45, 2.75) is 18.6 Å². The zero-order chi connectivity index (χ0) is 14.8. The summed E-state index contributed by atoms with van der Waals surface area (Å²) in [5, 5.41) is 12.4. The Balaban J connectivity index is 2.06. The molecule has 1 heterocycles. The highest BCUT2D eigenvalue weighted by atomic mass is 32.2. The molecule has 0 bridgehead atoms. The number of hydrogen-bond donors (Lipinski definition) is 3. The molecule has 0 spiro atoms. The van der Waals surface area contributed by atoms with E-state index in [0.29, 0.717) is 12.3 Å². The number of hydrogen-bond acceptors (Lipinski definition) is 5. The number of furan rings is 1. The fourth-order valence-electron chi connectivity index (χ4n) is 1.65. The van der Waals surface area contributed by atoms with Crippen molar-refractivity contribution in [1.29, 1.82) is 0 Å². The molecule has 0 aliphatic rings. The van der Waals surface area contributed by atoms with Crippen LogP contribution in [0.15, 0.2) is 39.8 Å². The molecule has 3 N–H and O–H groups in total. The largest absolute Gasteiger partial charge is 0.508 e. The minimum atomic E-state index is -3.55. The maximum atomic E-state index is 11.5. The third-order valence-corrected chi connectivity index (χ3v) is 4.12. The van der Waals surface area contributed by atoms with E-state index in [0.717, 1.165) is 11.3 Å². The van der Waals surface area contributed by atoms with Gasteiger partial charge in [-0.15, -0.1) is 0 Å². The lowest BCUT2D eigenvalue weighted by Gasteiger charge is -2.06. The first-order valence-corrected chi connectivity index (χ1v) is 7.46. The highest BCUT2D eigenvalue weighted by Crippen LogP contribution is 2.21. The number of sulfonamides is 1. The van der Waals surface area contributed by atoms with Crippen molar-refractivity contribution in [2.75, 3.05) is 12.4 Å². The zero-order valence-corrected chi connectivity index (χ0v) is 12.0. The molecule has 0 saturated carbocycles. The molecule has 6 nitrogen and oxygen atoms in total. The van der Waals surface area contributed by atoms with Gasteiger partial charge in [-0.2, -0.15) is 0 Å². The van der Waals surface area contributed by atoms with E-state index in [1.165, 1.54) is 13.1 Å². The van der Waals surface area contributed by atoms with E-state index in [2.05, 4.69) is 10.0 Å². The highest BCUT2D eigenvalue weighted by Gasteiger charge is 2.16. The van der Waals surface area contributed by atoms with E-state index in [9.17, 15) is 13.5 Å². The molecule has 20 heavy (non-hydrogen) atoms. The first-order chi connectivity index (χ1) is 9.42. The van der Waals surface area contributed by atoms with Crippen molar-refractivity contribution in [1.82, 2.24) is 4.72 Å². The normalized spacial score (nSPS) is 11.5. The number of nitrogens with one attached hydrogen (secondary N) is 2. The van der Waals surface area contributed by atoms with Gasteiger partial charge in [-0.1, -0.05) is 0 Å². The van der Waals surface area contributed by atoms with E-state index in [-0.39, 0.29) is 10.8 Å². The molecule has 1 aromatic heterocycles. The lowest BCUT2D eigenvalue weighted by atomic mass is 10.2. The minimum Gasteiger partial charge on any atom is -0.508 e. The fourth-order valence-corrected chi connectivity index (χ4v) is 2.32. The molecule has 0 aliphatic heterocycles. The molecule has 0 atom stereocenters. The van der Waals surface area contributed by atoms with Gasteiger partial charge in [0, 0.05) is 5.69 Å². The van der Waals surface area contributed by atoms with Crippen molar-refractivity contribution < 1.29 is 17.9 Å². The van der Waals surface area contributed by atoms with Crippen LogP contribution in [0.2, 0.25) is 0 Å². The third-order valence-electron chi connectivity index (χ3n) is 2.83. The van der Waals surface area contributed by atoms with E-state index in [1.807, 2.05) is 0 Å². The standard InChI is InChI=1S/C13H16N2O4S/c1-9-7-10(3-5-12(9)16)15-8-11-4-6-13(19-11)20(17,18)14-2/h3-7,14-16H,8H2,1-2H3. The van der Waals surface area contributed by atoms with Crippen molar-refractivity contribution in [3.8, 4) is 5.75 Å². The van der Waals surface area contributed by atoms with Crippen molar-refractivity contribution in [3.05, 3.63) is 41.7 Å². The molecule has 0 amide bonds. The number of phenols is 1. The smallest absolute Gasteiger partial charge is 0.273 e. The predicted molar refractivity (Wildman–Crippen MR) is 75.1 cm³/mol. The van der Waals surface area contributed by atoms with Crippen LogP contribution in [-0.2, 0) is 16.6 Å². The Morgan fingerprint density at radius 3 is 2.65 bits per heavy atom. The molecule has 108 valence electrons. The van der Waals surface area contributed by atoms with Crippen LogP contribution >= 0.6 is 0 Å². The average Bonchev–Trinajstić information content (AvgIpc) is 2.90. The van der Waals surface area contributed by atoms with E-state index < -0.39 is 10.0 Å². The molecule has 7 heteroatoms. The van der Waals surface area contributed by atoms with Gasteiger partial charge in [-0.25, -0.2) is 13.1 Å². The van der Waals surface area contributed by atoms with Gasteiger partial charge in [0.05, 0.1) is 6.54 Å². The predicted octanol–water partition coefficient (Wildman–Crippen LogP) is 1.81. The molecule has 0 aliphatic carbocycles. The van der Waals surface area contributed by atoms with E-state index >= 15 is 0 Å². The maximum Gasteiger partial charge on any atom is 0.273 e. The van der Waals surface area contributed by atoms with Crippen LogP contribution in [0.25, 0.3) is 0 Å².